The normalized spacial score (nSPS) is 10.9. The number of amides is 1. The second-order valence-corrected chi connectivity index (χ2v) is 5.07. The Morgan fingerprint density at radius 2 is 1.91 bits per heavy atom. The fourth-order valence-corrected chi connectivity index (χ4v) is 1.72. The number of carbonyl (C=O) groups is 1. The summed E-state index contributed by atoms with van der Waals surface area (Å²) in [6.07, 6.45) is 0.953. The van der Waals surface area contributed by atoms with E-state index >= 15 is 0 Å². The monoisotopic (exact) mass is 322 g/mol. The second kappa shape index (κ2) is 9.55. The molecule has 23 heavy (non-hydrogen) atoms. The molecule has 0 saturated carbocycles. The number of methoxy groups -OCH3 is 2. The van der Waals surface area contributed by atoms with Crippen molar-refractivity contribution in [3.8, 4) is 11.5 Å². The van der Waals surface area contributed by atoms with Gasteiger partial charge >= 0.3 is 0 Å². The lowest BCUT2D eigenvalue weighted by Gasteiger charge is -2.15. The van der Waals surface area contributed by atoms with Gasteiger partial charge in [0.05, 0.1) is 14.2 Å². The molecule has 0 unspecified atom stereocenters. The Bertz CT molecular complexity index is 544. The maximum atomic E-state index is 11.7. The van der Waals surface area contributed by atoms with Crippen molar-refractivity contribution in [1.29, 1.82) is 0 Å². The van der Waals surface area contributed by atoms with Gasteiger partial charge in [0.2, 0.25) is 5.91 Å². The average Bonchev–Trinajstić information content (AvgIpc) is 2.56. The van der Waals surface area contributed by atoms with Gasteiger partial charge in [-0.3, -0.25) is 4.79 Å². The number of ether oxygens (including phenoxy) is 2. The largest absolute Gasteiger partial charge is 0.493 e. The van der Waals surface area contributed by atoms with Crippen LogP contribution in [0.4, 0.5) is 5.69 Å². The van der Waals surface area contributed by atoms with E-state index in [1.54, 1.807) is 28.3 Å². The minimum absolute atomic E-state index is 0.0603. The van der Waals surface area contributed by atoms with E-state index in [0.717, 1.165) is 18.7 Å². The minimum Gasteiger partial charge on any atom is -0.493 e. The molecule has 1 rings (SSSR count). The predicted octanol–water partition coefficient (Wildman–Crippen LogP) is 1.56. The standard InChI is InChI=1S/C16H26N4O3/c1-6-9-17-16(18-11-15(21)20(2)3)19-12-7-8-13(22-4)14(10-12)23-5/h7-8,10H,6,9,11H2,1-5H3,(H2,17,18,19). The van der Waals surface area contributed by atoms with Crippen LogP contribution in [-0.4, -0.2) is 58.2 Å². The van der Waals surface area contributed by atoms with E-state index in [-0.39, 0.29) is 12.5 Å². The summed E-state index contributed by atoms with van der Waals surface area (Å²) in [6, 6.07) is 5.48. The van der Waals surface area contributed by atoms with Gasteiger partial charge in [0.1, 0.15) is 6.54 Å². The minimum atomic E-state index is -0.0603. The van der Waals surface area contributed by atoms with Crippen LogP contribution in [0.2, 0.25) is 0 Å². The molecule has 0 radical (unpaired) electrons. The Morgan fingerprint density at radius 1 is 1.22 bits per heavy atom. The Kier molecular flexibility index (Phi) is 7.73. The highest BCUT2D eigenvalue weighted by atomic mass is 16.5. The van der Waals surface area contributed by atoms with E-state index < -0.39 is 0 Å². The Labute approximate surface area is 137 Å². The van der Waals surface area contributed by atoms with Crippen LogP contribution in [0, 0.1) is 0 Å². The lowest BCUT2D eigenvalue weighted by atomic mass is 10.2. The summed E-state index contributed by atoms with van der Waals surface area (Å²) >= 11 is 0. The van der Waals surface area contributed by atoms with Crippen LogP contribution < -0.4 is 20.1 Å². The fraction of sp³-hybridized carbons (Fsp3) is 0.500. The van der Waals surface area contributed by atoms with Gasteiger partial charge in [-0.1, -0.05) is 6.92 Å². The summed E-state index contributed by atoms with van der Waals surface area (Å²) < 4.78 is 10.5. The van der Waals surface area contributed by atoms with E-state index in [9.17, 15) is 4.79 Å². The highest BCUT2D eigenvalue weighted by molar-refractivity contribution is 5.95. The van der Waals surface area contributed by atoms with Gasteiger partial charge in [-0.25, -0.2) is 4.99 Å². The summed E-state index contributed by atoms with van der Waals surface area (Å²) in [5, 5.41) is 6.34. The summed E-state index contributed by atoms with van der Waals surface area (Å²) in [5.74, 6) is 1.77. The fourth-order valence-electron chi connectivity index (χ4n) is 1.72. The lowest BCUT2D eigenvalue weighted by molar-refractivity contribution is -0.127. The highest BCUT2D eigenvalue weighted by Gasteiger charge is 2.08. The third kappa shape index (κ3) is 6.06. The van der Waals surface area contributed by atoms with Gasteiger partial charge in [0, 0.05) is 32.4 Å². The quantitative estimate of drug-likeness (QED) is 0.588. The molecule has 0 atom stereocenters. The maximum Gasteiger partial charge on any atom is 0.243 e. The van der Waals surface area contributed by atoms with Gasteiger partial charge in [-0.15, -0.1) is 0 Å². The first kappa shape index (κ1) is 18.6. The number of aliphatic imine (C=N–C) groups is 1. The molecular formula is C16H26N4O3. The molecule has 1 aromatic carbocycles. The zero-order valence-corrected chi connectivity index (χ0v) is 14.5. The first-order chi connectivity index (χ1) is 11.0. The van der Waals surface area contributed by atoms with Crippen LogP contribution in [0.25, 0.3) is 0 Å². The number of nitrogens with zero attached hydrogens (tertiary/aromatic N) is 2. The number of carbonyl (C=O) groups excluding carboxylic acids is 1. The Morgan fingerprint density at radius 3 is 2.48 bits per heavy atom. The average molecular weight is 322 g/mol. The van der Waals surface area contributed by atoms with Gasteiger partial charge < -0.3 is 25.0 Å². The van der Waals surface area contributed by atoms with Crippen molar-refractivity contribution in [2.75, 3.05) is 46.7 Å². The first-order valence-corrected chi connectivity index (χ1v) is 7.49. The van der Waals surface area contributed by atoms with E-state index in [1.807, 2.05) is 18.2 Å². The van der Waals surface area contributed by atoms with E-state index in [2.05, 4.69) is 22.5 Å². The molecule has 2 N–H and O–H groups in total. The van der Waals surface area contributed by atoms with Crippen LogP contribution in [0.5, 0.6) is 11.5 Å². The molecule has 1 aromatic rings. The lowest BCUT2D eigenvalue weighted by Crippen LogP contribution is -2.33. The summed E-state index contributed by atoms with van der Waals surface area (Å²) in [4.78, 5) is 17.5. The summed E-state index contributed by atoms with van der Waals surface area (Å²) in [5.41, 5.74) is 0.794. The van der Waals surface area contributed by atoms with Crippen molar-refractivity contribution in [1.82, 2.24) is 10.2 Å². The molecular weight excluding hydrogens is 296 g/mol. The number of guanidine groups is 1. The number of benzene rings is 1. The van der Waals surface area contributed by atoms with Crippen LogP contribution in [-0.2, 0) is 4.79 Å². The third-order valence-corrected chi connectivity index (χ3v) is 3.06. The van der Waals surface area contributed by atoms with Crippen LogP contribution in [0.1, 0.15) is 13.3 Å². The second-order valence-electron chi connectivity index (χ2n) is 5.07. The number of likely N-dealkylation sites (N-methyl/N-ethyl adjacent to an activating group) is 1. The number of rotatable bonds is 7. The van der Waals surface area contributed by atoms with Crippen molar-refractivity contribution in [2.24, 2.45) is 4.99 Å². The Balaban J connectivity index is 2.87. The van der Waals surface area contributed by atoms with E-state index in [1.165, 1.54) is 4.90 Å². The zero-order chi connectivity index (χ0) is 17.2. The van der Waals surface area contributed by atoms with Gasteiger partial charge in [0.25, 0.3) is 0 Å². The molecule has 0 aliphatic carbocycles. The van der Waals surface area contributed by atoms with Crippen molar-refractivity contribution >= 4 is 17.6 Å². The highest BCUT2D eigenvalue weighted by Crippen LogP contribution is 2.29. The number of hydrogen-bond acceptors (Lipinski definition) is 4. The summed E-state index contributed by atoms with van der Waals surface area (Å²) in [7, 11) is 6.59. The molecule has 0 heterocycles. The predicted molar refractivity (Wildman–Crippen MR) is 92.5 cm³/mol. The van der Waals surface area contributed by atoms with Gasteiger partial charge in [-0.05, 0) is 18.6 Å². The molecule has 0 saturated heterocycles. The Hall–Kier alpha value is -2.44. The molecule has 0 aromatic heterocycles. The molecule has 1 amide bonds. The molecule has 7 nitrogen and oxygen atoms in total. The van der Waals surface area contributed by atoms with Gasteiger partial charge in [-0.2, -0.15) is 0 Å². The molecule has 128 valence electrons. The van der Waals surface area contributed by atoms with Crippen molar-refractivity contribution in [3.05, 3.63) is 18.2 Å². The van der Waals surface area contributed by atoms with Crippen LogP contribution in [0.3, 0.4) is 0 Å². The zero-order valence-electron chi connectivity index (χ0n) is 14.5. The molecule has 0 spiro atoms. The SMILES string of the molecule is CCCNC(=NCC(=O)N(C)C)Nc1ccc(OC)c(OC)c1. The molecule has 0 bridgehead atoms. The van der Waals surface area contributed by atoms with Crippen molar-refractivity contribution < 1.29 is 14.3 Å². The molecule has 7 heteroatoms. The van der Waals surface area contributed by atoms with E-state index in [4.69, 9.17) is 9.47 Å². The number of anilines is 1. The van der Waals surface area contributed by atoms with Crippen LogP contribution in [0.15, 0.2) is 23.2 Å². The first-order valence-electron chi connectivity index (χ1n) is 7.49. The van der Waals surface area contributed by atoms with Crippen molar-refractivity contribution in [2.45, 2.75) is 13.3 Å². The maximum absolute atomic E-state index is 11.7. The topological polar surface area (TPSA) is 75.2 Å². The third-order valence-electron chi connectivity index (χ3n) is 3.06. The number of nitrogens with one attached hydrogen (secondary N) is 2. The molecule has 0 fully saturated rings. The molecule has 0 aliphatic rings. The van der Waals surface area contributed by atoms with E-state index in [0.29, 0.717) is 17.5 Å². The summed E-state index contributed by atoms with van der Waals surface area (Å²) in [6.45, 7) is 2.90. The van der Waals surface area contributed by atoms with Gasteiger partial charge in [0.15, 0.2) is 17.5 Å². The smallest absolute Gasteiger partial charge is 0.243 e. The van der Waals surface area contributed by atoms with Crippen LogP contribution >= 0.6 is 0 Å². The molecule has 0 aliphatic heterocycles. The number of hydrogen-bond donors (Lipinski definition) is 2. The van der Waals surface area contributed by atoms with Crippen molar-refractivity contribution in [3.63, 3.8) is 0 Å².